The molecule has 116 valence electrons. The Balaban J connectivity index is 1.99. The number of carbonyl (C=O) groups excluding carboxylic acids is 1. The second kappa shape index (κ2) is 7.75. The zero-order valence-corrected chi connectivity index (χ0v) is 13.0. The van der Waals surface area contributed by atoms with Crippen molar-refractivity contribution in [3.8, 4) is 0 Å². The largest absolute Gasteiger partial charge is 0.383 e. The van der Waals surface area contributed by atoms with Gasteiger partial charge in [0.15, 0.2) is 0 Å². The number of halogens is 1. The topological polar surface area (TPSA) is 67.6 Å². The highest BCUT2D eigenvalue weighted by Crippen LogP contribution is 2.23. The highest BCUT2D eigenvalue weighted by atomic mass is 35.5. The van der Waals surface area contributed by atoms with E-state index < -0.39 is 0 Å². The quantitative estimate of drug-likeness (QED) is 0.769. The van der Waals surface area contributed by atoms with Crippen LogP contribution < -0.4 is 11.1 Å². The smallest absolute Gasteiger partial charge is 0.237 e. The minimum absolute atomic E-state index is 0.00653. The molecule has 0 saturated carbocycles. The summed E-state index contributed by atoms with van der Waals surface area (Å²) >= 11 is 6.19. The van der Waals surface area contributed by atoms with Gasteiger partial charge in [0, 0.05) is 37.8 Å². The fraction of sp³-hybridized carbons (Fsp3) is 0.533. The number of ether oxygens (including phenoxy) is 1. The molecule has 2 atom stereocenters. The Morgan fingerprint density at radius 3 is 3.00 bits per heavy atom. The summed E-state index contributed by atoms with van der Waals surface area (Å²) in [7, 11) is 1.61. The lowest BCUT2D eigenvalue weighted by molar-refractivity contribution is -0.125. The van der Waals surface area contributed by atoms with E-state index in [1.54, 1.807) is 7.11 Å². The Morgan fingerprint density at radius 1 is 1.52 bits per heavy atom. The van der Waals surface area contributed by atoms with Crippen molar-refractivity contribution in [1.82, 2.24) is 10.2 Å². The maximum absolute atomic E-state index is 12.3. The fourth-order valence-corrected chi connectivity index (χ4v) is 2.82. The number of nitrogens with two attached hydrogens (primary N) is 1. The molecule has 0 unspecified atom stereocenters. The molecule has 0 radical (unpaired) electrons. The van der Waals surface area contributed by atoms with Crippen molar-refractivity contribution in [2.24, 2.45) is 5.73 Å². The average Bonchev–Trinajstić information content (AvgIpc) is 2.82. The van der Waals surface area contributed by atoms with Crippen molar-refractivity contribution >= 4 is 17.5 Å². The molecule has 1 fully saturated rings. The molecule has 1 saturated heterocycles. The lowest BCUT2D eigenvalue weighted by Gasteiger charge is -2.24. The van der Waals surface area contributed by atoms with Crippen molar-refractivity contribution in [2.75, 3.05) is 26.8 Å². The molecule has 0 bridgehead atoms. The van der Waals surface area contributed by atoms with E-state index in [0.717, 1.165) is 10.6 Å². The summed E-state index contributed by atoms with van der Waals surface area (Å²) in [6.45, 7) is 2.36. The van der Waals surface area contributed by atoms with E-state index in [-0.39, 0.29) is 18.0 Å². The van der Waals surface area contributed by atoms with E-state index in [9.17, 15) is 4.79 Å². The van der Waals surface area contributed by atoms with Crippen LogP contribution >= 0.6 is 11.6 Å². The Bertz CT molecular complexity index is 484. The zero-order valence-electron chi connectivity index (χ0n) is 12.2. The van der Waals surface area contributed by atoms with Crippen molar-refractivity contribution < 1.29 is 9.53 Å². The molecule has 0 aromatic heterocycles. The van der Waals surface area contributed by atoms with Crippen LogP contribution in [0.5, 0.6) is 0 Å². The normalized spacial score (nSPS) is 22.4. The summed E-state index contributed by atoms with van der Waals surface area (Å²) < 4.78 is 4.94. The molecule has 1 amide bonds. The molecular weight excluding hydrogens is 290 g/mol. The highest BCUT2D eigenvalue weighted by molar-refractivity contribution is 6.31. The number of amides is 1. The predicted octanol–water partition coefficient (Wildman–Crippen LogP) is 1.00. The Kier molecular flexibility index (Phi) is 5.99. The second-order valence-corrected chi connectivity index (χ2v) is 5.72. The number of hydrogen-bond acceptors (Lipinski definition) is 4. The van der Waals surface area contributed by atoms with E-state index in [2.05, 4.69) is 10.2 Å². The molecule has 1 aromatic carbocycles. The predicted molar refractivity (Wildman–Crippen MR) is 83.1 cm³/mol. The molecule has 5 nitrogen and oxygen atoms in total. The second-order valence-electron chi connectivity index (χ2n) is 5.32. The molecule has 1 aliphatic rings. The van der Waals surface area contributed by atoms with Gasteiger partial charge in [-0.15, -0.1) is 0 Å². The van der Waals surface area contributed by atoms with E-state index in [0.29, 0.717) is 32.7 Å². The monoisotopic (exact) mass is 311 g/mol. The highest BCUT2D eigenvalue weighted by Gasteiger charge is 2.35. The number of nitrogens with zero attached hydrogens (tertiary/aromatic N) is 1. The minimum atomic E-state index is -0.201. The van der Waals surface area contributed by atoms with Crippen LogP contribution in [-0.4, -0.2) is 49.7 Å². The number of benzene rings is 1. The minimum Gasteiger partial charge on any atom is -0.383 e. The van der Waals surface area contributed by atoms with E-state index in [1.165, 1.54) is 0 Å². The number of rotatable bonds is 6. The lowest BCUT2D eigenvalue weighted by Crippen LogP contribution is -2.43. The van der Waals surface area contributed by atoms with Crippen LogP contribution in [-0.2, 0) is 16.1 Å². The molecular formula is C15H22ClN3O2. The van der Waals surface area contributed by atoms with Crippen LogP contribution in [0.4, 0.5) is 0 Å². The molecule has 0 spiro atoms. The molecule has 6 heteroatoms. The van der Waals surface area contributed by atoms with Crippen molar-refractivity contribution in [3.63, 3.8) is 0 Å². The van der Waals surface area contributed by atoms with Gasteiger partial charge in [0.1, 0.15) is 0 Å². The van der Waals surface area contributed by atoms with Gasteiger partial charge in [-0.3, -0.25) is 9.69 Å². The molecule has 21 heavy (non-hydrogen) atoms. The fourth-order valence-electron chi connectivity index (χ4n) is 2.63. The van der Waals surface area contributed by atoms with Gasteiger partial charge in [0.05, 0.1) is 12.6 Å². The van der Waals surface area contributed by atoms with Gasteiger partial charge >= 0.3 is 0 Å². The first-order valence-corrected chi connectivity index (χ1v) is 7.49. The maximum atomic E-state index is 12.3. The summed E-state index contributed by atoms with van der Waals surface area (Å²) in [5.74, 6) is 0.00653. The van der Waals surface area contributed by atoms with E-state index >= 15 is 0 Å². The van der Waals surface area contributed by atoms with Crippen LogP contribution in [0.3, 0.4) is 0 Å². The first-order chi connectivity index (χ1) is 10.1. The van der Waals surface area contributed by atoms with Gasteiger partial charge in [-0.2, -0.15) is 0 Å². The summed E-state index contributed by atoms with van der Waals surface area (Å²) in [5.41, 5.74) is 7.04. The summed E-state index contributed by atoms with van der Waals surface area (Å²) in [4.78, 5) is 14.3. The van der Waals surface area contributed by atoms with Crippen LogP contribution in [0.15, 0.2) is 24.3 Å². The number of likely N-dealkylation sites (tertiary alicyclic amines) is 1. The van der Waals surface area contributed by atoms with Gasteiger partial charge in [-0.05, 0) is 18.1 Å². The van der Waals surface area contributed by atoms with Crippen molar-refractivity contribution in [1.29, 1.82) is 0 Å². The van der Waals surface area contributed by atoms with Gasteiger partial charge in [-0.25, -0.2) is 0 Å². The molecule has 1 heterocycles. The summed E-state index contributed by atoms with van der Waals surface area (Å²) in [6.07, 6.45) is 0.670. The first kappa shape index (κ1) is 16.2. The number of carbonyl (C=O) groups is 1. The molecule has 2 rings (SSSR count). The van der Waals surface area contributed by atoms with Crippen molar-refractivity contribution in [2.45, 2.75) is 25.0 Å². The SMILES string of the molecule is COCCNC(=O)[C@@H]1C[C@H](N)CN1Cc1ccccc1Cl. The first-order valence-electron chi connectivity index (χ1n) is 7.11. The Labute approximate surface area is 130 Å². The third-order valence-electron chi connectivity index (χ3n) is 3.68. The number of hydrogen-bond donors (Lipinski definition) is 2. The summed E-state index contributed by atoms with van der Waals surface area (Å²) in [5, 5.41) is 3.60. The van der Waals surface area contributed by atoms with Gasteiger partial charge in [-0.1, -0.05) is 29.8 Å². The number of nitrogens with one attached hydrogen (secondary N) is 1. The van der Waals surface area contributed by atoms with Gasteiger partial charge in [0.2, 0.25) is 5.91 Å². The van der Waals surface area contributed by atoms with E-state index in [1.807, 2.05) is 24.3 Å². The van der Waals surface area contributed by atoms with E-state index in [4.69, 9.17) is 22.1 Å². The van der Waals surface area contributed by atoms with Crippen molar-refractivity contribution in [3.05, 3.63) is 34.9 Å². The zero-order chi connectivity index (χ0) is 15.2. The number of methoxy groups -OCH3 is 1. The van der Waals surface area contributed by atoms with Crippen LogP contribution in [0.25, 0.3) is 0 Å². The average molecular weight is 312 g/mol. The van der Waals surface area contributed by atoms with Crippen LogP contribution in [0.1, 0.15) is 12.0 Å². The van der Waals surface area contributed by atoms with Crippen LogP contribution in [0, 0.1) is 0 Å². The maximum Gasteiger partial charge on any atom is 0.237 e. The molecule has 1 aromatic rings. The van der Waals surface area contributed by atoms with Crippen LogP contribution in [0.2, 0.25) is 5.02 Å². The summed E-state index contributed by atoms with van der Waals surface area (Å²) in [6, 6.07) is 7.51. The third kappa shape index (κ3) is 4.41. The molecule has 0 aliphatic carbocycles. The molecule has 1 aliphatic heterocycles. The van der Waals surface area contributed by atoms with Gasteiger partial charge in [0.25, 0.3) is 0 Å². The third-order valence-corrected chi connectivity index (χ3v) is 4.04. The standard InChI is InChI=1S/C15H22ClN3O2/c1-21-7-6-18-15(20)14-8-12(17)10-19(14)9-11-4-2-3-5-13(11)16/h2-5,12,14H,6-10,17H2,1H3,(H,18,20)/t12-,14-/m0/s1. The molecule has 3 N–H and O–H groups in total. The van der Waals surface area contributed by atoms with Gasteiger partial charge < -0.3 is 15.8 Å². The lowest BCUT2D eigenvalue weighted by atomic mass is 10.1. The Hall–Kier alpha value is -1.14. The Morgan fingerprint density at radius 2 is 2.29 bits per heavy atom.